The van der Waals surface area contributed by atoms with Crippen LogP contribution in [0.25, 0.3) is 5.70 Å². The van der Waals surface area contributed by atoms with Gasteiger partial charge in [-0.15, -0.1) is 0 Å². The van der Waals surface area contributed by atoms with Crippen molar-refractivity contribution in [1.29, 1.82) is 5.26 Å². The maximum absolute atomic E-state index is 12.4. The van der Waals surface area contributed by atoms with Crippen LogP contribution in [0.2, 0.25) is 0 Å². The normalized spacial score (nSPS) is 16.3. The molecule has 0 unspecified atom stereocenters. The Morgan fingerprint density at radius 3 is 2.55 bits per heavy atom. The van der Waals surface area contributed by atoms with Gasteiger partial charge >= 0.3 is 0 Å². The van der Waals surface area contributed by atoms with E-state index < -0.39 is 0 Å². The topological polar surface area (TPSA) is 44.1 Å². The number of hydrogen-bond acceptors (Lipinski definition) is 3. The molecule has 4 rings (SSSR count). The molecule has 1 aliphatic heterocycles. The van der Waals surface area contributed by atoms with Crippen LogP contribution in [0.1, 0.15) is 16.7 Å². The molecule has 2 aliphatic rings. The number of carbonyl (C=O) groups excluding carboxylic acids is 1. The molecule has 2 aromatic carbocycles. The maximum atomic E-state index is 12.4. The van der Waals surface area contributed by atoms with Gasteiger partial charge in [-0.25, -0.2) is 0 Å². The van der Waals surface area contributed by atoms with Crippen molar-refractivity contribution >= 4 is 17.2 Å². The monoisotopic (exact) mass is 286 g/mol. The van der Waals surface area contributed by atoms with E-state index in [0.717, 1.165) is 35.5 Å². The molecule has 0 atom stereocenters. The summed E-state index contributed by atoms with van der Waals surface area (Å²) in [6.07, 6.45) is 1.26. The number of fused-ring (bicyclic) bond motifs is 2. The molecule has 0 spiro atoms. The van der Waals surface area contributed by atoms with Gasteiger partial charge in [0.2, 0.25) is 0 Å². The lowest BCUT2D eigenvalue weighted by molar-refractivity contribution is -0.114. The molecule has 0 aromatic heterocycles. The van der Waals surface area contributed by atoms with Crippen molar-refractivity contribution in [2.75, 3.05) is 11.4 Å². The highest BCUT2D eigenvalue weighted by molar-refractivity contribution is 6.12. The molecule has 1 aliphatic carbocycles. The van der Waals surface area contributed by atoms with E-state index in [-0.39, 0.29) is 11.4 Å². The summed E-state index contributed by atoms with van der Waals surface area (Å²) in [4.78, 5) is 14.5. The van der Waals surface area contributed by atoms with E-state index in [1.54, 1.807) is 0 Å². The van der Waals surface area contributed by atoms with Gasteiger partial charge in [0.05, 0.1) is 5.70 Å². The molecular weight excluding hydrogens is 272 g/mol. The first-order valence-corrected chi connectivity index (χ1v) is 7.41. The fourth-order valence-corrected chi connectivity index (χ4v) is 3.40. The number of carbonyl (C=O) groups is 1. The fourth-order valence-electron chi connectivity index (χ4n) is 3.40. The van der Waals surface area contributed by atoms with Crippen molar-refractivity contribution in [3.8, 4) is 6.07 Å². The van der Waals surface area contributed by atoms with Gasteiger partial charge in [0, 0.05) is 24.2 Å². The van der Waals surface area contributed by atoms with E-state index in [2.05, 4.69) is 23.1 Å². The zero-order valence-corrected chi connectivity index (χ0v) is 12.0. The van der Waals surface area contributed by atoms with Gasteiger partial charge in [0.1, 0.15) is 11.6 Å². The van der Waals surface area contributed by atoms with Gasteiger partial charge in [-0.3, -0.25) is 4.79 Å². The summed E-state index contributed by atoms with van der Waals surface area (Å²) in [7, 11) is 0. The molecule has 3 nitrogen and oxygen atoms in total. The molecule has 0 amide bonds. The summed E-state index contributed by atoms with van der Waals surface area (Å²) in [5, 5.41) is 9.51. The molecule has 2 aromatic rings. The van der Waals surface area contributed by atoms with Crippen LogP contribution in [0.3, 0.4) is 0 Å². The fraction of sp³-hybridized carbons (Fsp3) is 0.158. The van der Waals surface area contributed by atoms with Gasteiger partial charge < -0.3 is 4.90 Å². The molecule has 0 saturated heterocycles. The predicted octanol–water partition coefficient (Wildman–Crippen LogP) is 3.11. The van der Waals surface area contributed by atoms with Crippen LogP contribution in [0, 0.1) is 11.3 Å². The van der Waals surface area contributed by atoms with E-state index in [9.17, 15) is 10.1 Å². The third-order valence-electron chi connectivity index (χ3n) is 4.41. The van der Waals surface area contributed by atoms with Crippen molar-refractivity contribution in [1.82, 2.24) is 0 Å². The number of nitriles is 1. The van der Waals surface area contributed by atoms with E-state index in [4.69, 9.17) is 0 Å². The largest absolute Gasteiger partial charge is 0.339 e. The van der Waals surface area contributed by atoms with E-state index in [0.29, 0.717) is 6.42 Å². The molecule has 0 saturated carbocycles. The average molecular weight is 286 g/mol. The zero-order chi connectivity index (χ0) is 15.1. The number of rotatable bonds is 1. The highest BCUT2D eigenvalue weighted by Crippen LogP contribution is 2.39. The molecule has 0 fully saturated rings. The highest BCUT2D eigenvalue weighted by Gasteiger charge is 2.32. The predicted molar refractivity (Wildman–Crippen MR) is 85.2 cm³/mol. The SMILES string of the molecule is N#CC1=C(N2CCc3ccccc32)c2ccccc2CC1=O. The first-order valence-electron chi connectivity index (χ1n) is 7.41. The van der Waals surface area contributed by atoms with Gasteiger partial charge in [-0.05, 0) is 23.6 Å². The molecule has 0 bridgehead atoms. The number of benzene rings is 2. The molecule has 22 heavy (non-hydrogen) atoms. The third-order valence-corrected chi connectivity index (χ3v) is 4.41. The minimum atomic E-state index is -0.0828. The van der Waals surface area contributed by atoms with Crippen molar-refractivity contribution in [3.63, 3.8) is 0 Å². The Kier molecular flexibility index (Phi) is 2.83. The van der Waals surface area contributed by atoms with Crippen LogP contribution in [0.4, 0.5) is 5.69 Å². The van der Waals surface area contributed by atoms with Crippen LogP contribution in [-0.4, -0.2) is 12.3 Å². The minimum Gasteiger partial charge on any atom is -0.339 e. The summed E-state index contributed by atoms with van der Waals surface area (Å²) in [6.45, 7) is 0.807. The first-order chi connectivity index (χ1) is 10.8. The second kappa shape index (κ2) is 4.85. The van der Waals surface area contributed by atoms with Gasteiger partial charge in [-0.2, -0.15) is 5.26 Å². The number of Topliss-reactive ketones (excluding diaryl/α,β-unsaturated/α-hetero) is 1. The number of para-hydroxylation sites is 1. The standard InChI is InChI=1S/C19H14N2O/c20-12-16-18(22)11-14-6-1-3-7-15(14)19(16)21-10-9-13-5-2-4-8-17(13)21/h1-8H,9-11H2. The molecule has 106 valence electrons. The number of anilines is 1. The van der Waals surface area contributed by atoms with Crippen molar-refractivity contribution in [2.24, 2.45) is 0 Å². The minimum absolute atomic E-state index is 0.0828. The summed E-state index contributed by atoms with van der Waals surface area (Å²) >= 11 is 0. The Hall–Kier alpha value is -2.86. The van der Waals surface area contributed by atoms with Crippen LogP contribution in [-0.2, 0) is 17.6 Å². The van der Waals surface area contributed by atoms with E-state index >= 15 is 0 Å². The maximum Gasteiger partial charge on any atom is 0.179 e. The number of allylic oxidation sites excluding steroid dienone is 1. The Balaban J connectivity index is 1.96. The third kappa shape index (κ3) is 1.78. The van der Waals surface area contributed by atoms with Gasteiger partial charge in [0.25, 0.3) is 0 Å². The van der Waals surface area contributed by atoms with Crippen LogP contribution in [0.5, 0.6) is 0 Å². The first kappa shape index (κ1) is 12.8. The molecule has 3 heteroatoms. The van der Waals surface area contributed by atoms with E-state index in [1.165, 1.54) is 5.56 Å². The number of ketones is 1. The van der Waals surface area contributed by atoms with Crippen LogP contribution < -0.4 is 4.90 Å². The van der Waals surface area contributed by atoms with Gasteiger partial charge in [-0.1, -0.05) is 42.5 Å². The summed E-state index contributed by atoms with van der Waals surface area (Å²) in [5.74, 6) is -0.0828. The molecule has 1 heterocycles. The summed E-state index contributed by atoms with van der Waals surface area (Å²) in [5.41, 5.74) is 5.45. The van der Waals surface area contributed by atoms with Crippen LogP contribution >= 0.6 is 0 Å². The summed E-state index contributed by atoms with van der Waals surface area (Å²) in [6, 6.07) is 18.2. The number of hydrogen-bond donors (Lipinski definition) is 0. The van der Waals surface area contributed by atoms with Gasteiger partial charge in [0.15, 0.2) is 5.78 Å². The Morgan fingerprint density at radius 1 is 1.00 bits per heavy atom. The molecular formula is C19H14N2O. The zero-order valence-electron chi connectivity index (χ0n) is 12.0. The smallest absolute Gasteiger partial charge is 0.179 e. The Bertz CT molecular complexity index is 858. The lowest BCUT2D eigenvalue weighted by Gasteiger charge is -2.28. The Labute approximate surface area is 129 Å². The van der Waals surface area contributed by atoms with Crippen molar-refractivity contribution < 1.29 is 4.79 Å². The van der Waals surface area contributed by atoms with Crippen LogP contribution in [0.15, 0.2) is 54.1 Å². The second-order valence-corrected chi connectivity index (χ2v) is 5.62. The van der Waals surface area contributed by atoms with E-state index in [1.807, 2.05) is 36.4 Å². The lowest BCUT2D eigenvalue weighted by atomic mass is 9.88. The van der Waals surface area contributed by atoms with Crippen molar-refractivity contribution in [3.05, 3.63) is 70.8 Å². The molecule has 0 radical (unpaired) electrons. The quantitative estimate of drug-likeness (QED) is 0.809. The Morgan fingerprint density at radius 2 is 1.73 bits per heavy atom. The highest BCUT2D eigenvalue weighted by atomic mass is 16.1. The average Bonchev–Trinajstić information content (AvgIpc) is 2.97. The lowest BCUT2D eigenvalue weighted by Crippen LogP contribution is -2.27. The number of nitrogens with zero attached hydrogens (tertiary/aromatic N) is 2. The molecule has 0 N–H and O–H groups in total. The summed E-state index contributed by atoms with van der Waals surface area (Å²) < 4.78 is 0. The van der Waals surface area contributed by atoms with Crippen molar-refractivity contribution in [2.45, 2.75) is 12.8 Å². The second-order valence-electron chi connectivity index (χ2n) is 5.62.